The summed E-state index contributed by atoms with van der Waals surface area (Å²) in [6.45, 7) is 5.64. The van der Waals surface area contributed by atoms with Crippen molar-refractivity contribution in [1.82, 2.24) is 14.9 Å². The van der Waals surface area contributed by atoms with Gasteiger partial charge in [-0.25, -0.2) is 18.0 Å². The van der Waals surface area contributed by atoms with Crippen molar-refractivity contribution in [3.63, 3.8) is 0 Å². The number of carbonyl (C=O) groups excluding carboxylic acids is 3. The van der Waals surface area contributed by atoms with Crippen LogP contribution in [0.4, 0.5) is 4.79 Å². The van der Waals surface area contributed by atoms with Gasteiger partial charge in [0, 0.05) is 25.7 Å². The van der Waals surface area contributed by atoms with Gasteiger partial charge in [0.05, 0.1) is 10.5 Å². The first-order valence-corrected chi connectivity index (χ1v) is 11.5. The maximum atomic E-state index is 13.0. The number of nitrogens with one attached hydrogen (secondary N) is 2. The zero-order valence-electron chi connectivity index (χ0n) is 18.4. The molecule has 172 valence electrons. The summed E-state index contributed by atoms with van der Waals surface area (Å²) < 4.78 is 32.4. The Kier molecular flexibility index (Phi) is 8.50. The number of ether oxygens (including phenoxy) is 1. The Balaban J connectivity index is 2.41. The molecule has 2 N–H and O–H groups in total. The van der Waals surface area contributed by atoms with E-state index in [4.69, 9.17) is 4.74 Å². The normalized spacial score (nSPS) is 12.2. The number of benzene rings is 2. The van der Waals surface area contributed by atoms with Crippen molar-refractivity contribution in [2.24, 2.45) is 0 Å². The molecule has 1 unspecified atom stereocenters. The minimum absolute atomic E-state index is 0.00639. The van der Waals surface area contributed by atoms with Crippen molar-refractivity contribution in [3.05, 3.63) is 65.2 Å². The van der Waals surface area contributed by atoms with Crippen LogP contribution in [0.25, 0.3) is 0 Å². The molecule has 2 aromatic rings. The van der Waals surface area contributed by atoms with E-state index in [0.29, 0.717) is 11.1 Å². The first-order chi connectivity index (χ1) is 15.1. The molecule has 0 radical (unpaired) electrons. The topological polar surface area (TPSA) is 122 Å². The lowest BCUT2D eigenvalue weighted by molar-refractivity contribution is -0.129. The third-order valence-electron chi connectivity index (χ3n) is 4.80. The van der Waals surface area contributed by atoms with Crippen molar-refractivity contribution >= 4 is 27.9 Å². The molecule has 0 aromatic heterocycles. The first kappa shape index (κ1) is 25.0. The smallest absolute Gasteiger partial charge is 0.339 e. The van der Waals surface area contributed by atoms with Crippen LogP contribution in [-0.4, -0.2) is 50.8 Å². The van der Waals surface area contributed by atoms with Crippen molar-refractivity contribution in [1.29, 1.82) is 0 Å². The summed E-state index contributed by atoms with van der Waals surface area (Å²) in [5.41, 5.74) is 0.839. The second-order valence-corrected chi connectivity index (χ2v) is 8.77. The maximum absolute atomic E-state index is 13.0. The molecule has 9 nitrogen and oxygen atoms in total. The number of amides is 3. The van der Waals surface area contributed by atoms with Crippen molar-refractivity contribution < 1.29 is 27.5 Å². The summed E-state index contributed by atoms with van der Waals surface area (Å²) in [5.74, 6) is -1.73. The Morgan fingerprint density at radius 3 is 2.22 bits per heavy atom. The molecule has 1 atom stereocenters. The zero-order valence-corrected chi connectivity index (χ0v) is 19.2. The van der Waals surface area contributed by atoms with Gasteiger partial charge in [-0.3, -0.25) is 10.1 Å². The molecule has 0 aliphatic heterocycles. The highest BCUT2D eigenvalue weighted by atomic mass is 32.2. The Hall–Kier alpha value is -3.24. The number of sulfonamides is 1. The highest BCUT2D eigenvalue weighted by molar-refractivity contribution is 7.89. The van der Waals surface area contributed by atoms with Gasteiger partial charge in [-0.15, -0.1) is 0 Å². The molecule has 0 aliphatic carbocycles. The Morgan fingerprint density at radius 1 is 1.03 bits per heavy atom. The molecule has 2 aromatic carbocycles. The van der Waals surface area contributed by atoms with Crippen LogP contribution in [0.3, 0.4) is 0 Å². The van der Waals surface area contributed by atoms with Gasteiger partial charge in [0.1, 0.15) is 0 Å². The molecule has 0 spiro atoms. The average molecular weight is 462 g/mol. The molecule has 0 heterocycles. The average Bonchev–Trinajstić information content (AvgIpc) is 2.78. The zero-order chi connectivity index (χ0) is 23.9. The number of hydrogen-bond donors (Lipinski definition) is 2. The number of rotatable bonds is 8. The molecule has 2 rings (SSSR count). The lowest BCUT2D eigenvalue weighted by Gasteiger charge is -2.20. The van der Waals surface area contributed by atoms with Crippen LogP contribution in [0.5, 0.6) is 0 Å². The minimum atomic E-state index is -3.80. The SMILES string of the molecule is CCN(CC)S(=O)(=O)c1ccc(C)c(C(=O)OC(C(=O)NC(=O)NC)c2ccccc2)c1. The van der Waals surface area contributed by atoms with Crippen LogP contribution in [-0.2, 0) is 19.6 Å². The third-order valence-corrected chi connectivity index (χ3v) is 6.85. The van der Waals surface area contributed by atoms with Gasteiger partial charge in [0.25, 0.3) is 5.91 Å². The monoisotopic (exact) mass is 461 g/mol. The van der Waals surface area contributed by atoms with Crippen LogP contribution in [0.2, 0.25) is 0 Å². The van der Waals surface area contributed by atoms with Crippen molar-refractivity contribution in [3.8, 4) is 0 Å². The summed E-state index contributed by atoms with van der Waals surface area (Å²) in [4.78, 5) is 37.1. The molecule has 0 aliphatic rings. The van der Waals surface area contributed by atoms with E-state index in [-0.39, 0.29) is 23.5 Å². The van der Waals surface area contributed by atoms with Crippen LogP contribution in [0.15, 0.2) is 53.4 Å². The van der Waals surface area contributed by atoms with E-state index in [1.54, 1.807) is 51.1 Å². The van der Waals surface area contributed by atoms with Gasteiger partial charge >= 0.3 is 12.0 Å². The van der Waals surface area contributed by atoms with E-state index in [0.717, 1.165) is 0 Å². The quantitative estimate of drug-likeness (QED) is 0.582. The second kappa shape index (κ2) is 10.9. The van der Waals surface area contributed by atoms with E-state index >= 15 is 0 Å². The maximum Gasteiger partial charge on any atom is 0.339 e. The van der Waals surface area contributed by atoms with E-state index in [9.17, 15) is 22.8 Å². The summed E-state index contributed by atoms with van der Waals surface area (Å²) in [6.07, 6.45) is -1.41. The van der Waals surface area contributed by atoms with E-state index < -0.39 is 34.0 Å². The van der Waals surface area contributed by atoms with Crippen LogP contribution >= 0.6 is 0 Å². The summed E-state index contributed by atoms with van der Waals surface area (Å²) in [6, 6.07) is 11.6. The van der Waals surface area contributed by atoms with Crippen LogP contribution < -0.4 is 10.6 Å². The van der Waals surface area contributed by atoms with E-state index in [1.807, 2.05) is 0 Å². The first-order valence-electron chi connectivity index (χ1n) is 10.0. The van der Waals surface area contributed by atoms with Crippen LogP contribution in [0.1, 0.15) is 41.4 Å². The predicted octanol–water partition coefficient (Wildman–Crippen LogP) is 2.38. The highest BCUT2D eigenvalue weighted by Gasteiger charge is 2.29. The van der Waals surface area contributed by atoms with Gasteiger partial charge in [0.2, 0.25) is 16.1 Å². The second-order valence-electron chi connectivity index (χ2n) is 6.83. The lowest BCUT2D eigenvalue weighted by Crippen LogP contribution is -2.41. The minimum Gasteiger partial charge on any atom is -0.444 e. The van der Waals surface area contributed by atoms with Crippen molar-refractivity contribution in [2.45, 2.75) is 31.8 Å². The number of esters is 1. The Morgan fingerprint density at radius 2 is 1.66 bits per heavy atom. The highest BCUT2D eigenvalue weighted by Crippen LogP contribution is 2.24. The number of urea groups is 1. The largest absolute Gasteiger partial charge is 0.444 e. The Bertz CT molecular complexity index is 1080. The molecule has 10 heteroatoms. The van der Waals surface area contributed by atoms with Crippen molar-refractivity contribution in [2.75, 3.05) is 20.1 Å². The lowest BCUT2D eigenvalue weighted by atomic mass is 10.1. The van der Waals surface area contributed by atoms with E-state index in [1.165, 1.54) is 29.6 Å². The number of imide groups is 1. The molecule has 0 saturated heterocycles. The fourth-order valence-electron chi connectivity index (χ4n) is 3.01. The molecular formula is C22H27N3O6S. The number of carbonyl (C=O) groups is 3. The van der Waals surface area contributed by atoms with E-state index in [2.05, 4.69) is 10.6 Å². The fourth-order valence-corrected chi connectivity index (χ4v) is 4.49. The van der Waals surface area contributed by atoms with Gasteiger partial charge in [0.15, 0.2) is 0 Å². The number of hydrogen-bond acceptors (Lipinski definition) is 6. The van der Waals surface area contributed by atoms with Gasteiger partial charge in [-0.2, -0.15) is 4.31 Å². The molecule has 3 amide bonds. The molecule has 0 bridgehead atoms. The molecule has 32 heavy (non-hydrogen) atoms. The van der Waals surface area contributed by atoms with Gasteiger partial charge in [-0.1, -0.05) is 50.2 Å². The Labute approximate surface area is 187 Å². The summed E-state index contributed by atoms with van der Waals surface area (Å²) >= 11 is 0. The van der Waals surface area contributed by atoms with Gasteiger partial charge < -0.3 is 10.1 Å². The summed E-state index contributed by atoms with van der Waals surface area (Å²) in [7, 11) is -2.45. The summed E-state index contributed by atoms with van der Waals surface area (Å²) in [5, 5.41) is 4.36. The molecule has 0 saturated carbocycles. The molecule has 0 fully saturated rings. The van der Waals surface area contributed by atoms with Crippen LogP contribution in [0, 0.1) is 6.92 Å². The number of nitrogens with zero attached hydrogens (tertiary/aromatic N) is 1. The van der Waals surface area contributed by atoms with Gasteiger partial charge in [-0.05, 0) is 24.6 Å². The third kappa shape index (κ3) is 5.71. The standard InChI is InChI=1S/C22H27N3O6S/c1-5-25(6-2)32(29,30)17-13-12-15(3)18(14-17)21(27)31-19(16-10-8-7-9-11-16)20(26)24-22(28)23-4/h7-14,19H,5-6H2,1-4H3,(H2,23,24,26,28). The fraction of sp³-hybridized carbons (Fsp3) is 0.318. The number of aryl methyl sites for hydroxylation is 1. The predicted molar refractivity (Wildman–Crippen MR) is 118 cm³/mol. The molecular weight excluding hydrogens is 434 g/mol.